The standard InChI is InChI=1S/C13H22.C4H8O2/c1-10-4-6-13(7-5-10)9-11-2-3-12(13)8-11;1-2-5-4-6-3-1/h10-12H,2-9H2,1H3;1-4H2. The van der Waals surface area contributed by atoms with Crippen LogP contribution in [0.4, 0.5) is 0 Å². The Bertz CT molecular complexity index is 265. The Kier molecular flexibility index (Phi) is 4.48. The van der Waals surface area contributed by atoms with E-state index in [1.54, 1.807) is 38.5 Å². The third-order valence-corrected chi connectivity index (χ3v) is 6.12. The van der Waals surface area contributed by atoms with Crippen LogP contribution in [0, 0.1) is 23.2 Å². The fraction of sp³-hybridized carbons (Fsp3) is 1.00. The third kappa shape index (κ3) is 3.16. The lowest BCUT2D eigenvalue weighted by Gasteiger charge is -2.43. The summed E-state index contributed by atoms with van der Waals surface area (Å²) in [6.45, 7) is 4.69. The van der Waals surface area contributed by atoms with Gasteiger partial charge >= 0.3 is 0 Å². The van der Waals surface area contributed by atoms with Crippen molar-refractivity contribution in [3.8, 4) is 0 Å². The van der Waals surface area contributed by atoms with Crippen molar-refractivity contribution >= 4 is 0 Å². The van der Waals surface area contributed by atoms with E-state index in [1.165, 1.54) is 12.8 Å². The Morgan fingerprint density at radius 3 is 2.11 bits per heavy atom. The van der Waals surface area contributed by atoms with Crippen LogP contribution in [0.1, 0.15) is 64.7 Å². The summed E-state index contributed by atoms with van der Waals surface area (Å²) in [6.07, 6.45) is 13.6. The lowest BCUT2D eigenvalue weighted by Crippen LogP contribution is -2.32. The number of hydrogen-bond donors (Lipinski definition) is 0. The predicted molar refractivity (Wildman–Crippen MR) is 76.9 cm³/mol. The number of rotatable bonds is 0. The van der Waals surface area contributed by atoms with Gasteiger partial charge in [0.15, 0.2) is 0 Å². The van der Waals surface area contributed by atoms with Crippen molar-refractivity contribution in [3.63, 3.8) is 0 Å². The van der Waals surface area contributed by atoms with Crippen LogP contribution in [0.15, 0.2) is 0 Å². The van der Waals surface area contributed by atoms with E-state index in [4.69, 9.17) is 9.47 Å². The molecule has 4 rings (SSSR count). The molecule has 19 heavy (non-hydrogen) atoms. The van der Waals surface area contributed by atoms with Crippen LogP contribution in [0.5, 0.6) is 0 Å². The summed E-state index contributed by atoms with van der Waals surface area (Å²) in [7, 11) is 0. The van der Waals surface area contributed by atoms with Crippen LogP contribution in [0.2, 0.25) is 0 Å². The van der Waals surface area contributed by atoms with E-state index in [-0.39, 0.29) is 0 Å². The first-order chi connectivity index (χ1) is 9.28. The zero-order valence-electron chi connectivity index (χ0n) is 12.5. The van der Waals surface area contributed by atoms with Gasteiger partial charge < -0.3 is 9.47 Å². The van der Waals surface area contributed by atoms with Gasteiger partial charge in [0.2, 0.25) is 0 Å². The average molecular weight is 266 g/mol. The van der Waals surface area contributed by atoms with E-state index in [2.05, 4.69) is 6.92 Å². The Labute approximate surface area is 118 Å². The van der Waals surface area contributed by atoms with Gasteiger partial charge in [-0.25, -0.2) is 0 Å². The lowest BCUT2D eigenvalue weighted by molar-refractivity contribution is -0.0963. The lowest BCUT2D eigenvalue weighted by atomic mass is 9.63. The molecule has 1 aliphatic heterocycles. The van der Waals surface area contributed by atoms with E-state index in [9.17, 15) is 0 Å². The van der Waals surface area contributed by atoms with Crippen LogP contribution < -0.4 is 0 Å². The zero-order chi connectivity index (χ0) is 13.1. The van der Waals surface area contributed by atoms with Crippen molar-refractivity contribution in [2.24, 2.45) is 23.2 Å². The molecule has 1 spiro atoms. The summed E-state index contributed by atoms with van der Waals surface area (Å²) in [6, 6.07) is 0. The van der Waals surface area contributed by atoms with Crippen molar-refractivity contribution < 1.29 is 9.47 Å². The third-order valence-electron chi connectivity index (χ3n) is 6.12. The summed E-state index contributed by atoms with van der Waals surface area (Å²) in [4.78, 5) is 0. The van der Waals surface area contributed by atoms with Crippen molar-refractivity contribution in [2.45, 2.75) is 64.7 Å². The van der Waals surface area contributed by atoms with Crippen LogP contribution in [0.25, 0.3) is 0 Å². The molecule has 4 fully saturated rings. The Hall–Kier alpha value is -0.0800. The summed E-state index contributed by atoms with van der Waals surface area (Å²) >= 11 is 0. The predicted octanol–water partition coefficient (Wildman–Crippen LogP) is 4.38. The molecule has 0 aromatic carbocycles. The number of hydrogen-bond acceptors (Lipinski definition) is 2. The minimum Gasteiger partial charge on any atom is -0.355 e. The molecule has 1 heterocycles. The second-order valence-corrected chi connectivity index (χ2v) is 7.41. The number of ether oxygens (including phenoxy) is 2. The van der Waals surface area contributed by atoms with Crippen LogP contribution >= 0.6 is 0 Å². The van der Waals surface area contributed by atoms with E-state index in [1.807, 2.05) is 0 Å². The molecule has 4 aliphatic rings. The normalized spacial score (nSPS) is 45.0. The quantitative estimate of drug-likeness (QED) is 0.647. The summed E-state index contributed by atoms with van der Waals surface area (Å²) < 4.78 is 9.69. The second kappa shape index (κ2) is 6.13. The first kappa shape index (κ1) is 13.9. The highest BCUT2D eigenvalue weighted by Gasteiger charge is 2.51. The van der Waals surface area contributed by atoms with Gasteiger partial charge in [0.1, 0.15) is 6.79 Å². The van der Waals surface area contributed by atoms with Gasteiger partial charge in [0.25, 0.3) is 0 Å². The molecule has 0 aromatic rings. The van der Waals surface area contributed by atoms with Crippen molar-refractivity contribution in [1.82, 2.24) is 0 Å². The second-order valence-electron chi connectivity index (χ2n) is 7.41. The summed E-state index contributed by atoms with van der Waals surface area (Å²) in [5.74, 6) is 3.34. The van der Waals surface area contributed by atoms with Gasteiger partial charge in [0, 0.05) is 0 Å². The SMILES string of the molecule is C1COCOC1.CC1CCC2(CC1)CC1CCC2C1. The van der Waals surface area contributed by atoms with Crippen molar-refractivity contribution in [1.29, 1.82) is 0 Å². The molecule has 0 amide bonds. The van der Waals surface area contributed by atoms with Gasteiger partial charge in [-0.2, -0.15) is 0 Å². The van der Waals surface area contributed by atoms with E-state index >= 15 is 0 Å². The first-order valence-electron chi connectivity index (χ1n) is 8.44. The molecule has 2 heteroatoms. The summed E-state index contributed by atoms with van der Waals surface area (Å²) in [5.41, 5.74) is 0.870. The molecule has 2 bridgehead atoms. The van der Waals surface area contributed by atoms with Crippen molar-refractivity contribution in [3.05, 3.63) is 0 Å². The molecular weight excluding hydrogens is 236 g/mol. The van der Waals surface area contributed by atoms with Crippen molar-refractivity contribution in [2.75, 3.05) is 20.0 Å². The topological polar surface area (TPSA) is 18.5 Å². The Morgan fingerprint density at radius 1 is 0.947 bits per heavy atom. The molecule has 1 saturated heterocycles. The Balaban J connectivity index is 0.000000155. The van der Waals surface area contributed by atoms with E-state index < -0.39 is 0 Å². The fourth-order valence-electron chi connectivity index (χ4n) is 4.95. The summed E-state index contributed by atoms with van der Waals surface area (Å²) in [5, 5.41) is 0. The van der Waals surface area contributed by atoms with E-state index in [0.717, 1.165) is 42.8 Å². The highest BCUT2D eigenvalue weighted by atomic mass is 16.7. The Morgan fingerprint density at radius 2 is 1.68 bits per heavy atom. The van der Waals surface area contributed by atoms with Crippen LogP contribution in [-0.2, 0) is 9.47 Å². The maximum Gasteiger partial charge on any atom is 0.146 e. The van der Waals surface area contributed by atoms with Crippen LogP contribution in [-0.4, -0.2) is 20.0 Å². The van der Waals surface area contributed by atoms with Gasteiger partial charge in [-0.05, 0) is 61.7 Å². The fourth-order valence-corrected chi connectivity index (χ4v) is 4.95. The first-order valence-corrected chi connectivity index (χ1v) is 8.44. The molecule has 3 saturated carbocycles. The molecule has 3 aliphatic carbocycles. The number of fused-ring (bicyclic) bond motifs is 3. The van der Waals surface area contributed by atoms with E-state index in [0.29, 0.717) is 6.79 Å². The van der Waals surface area contributed by atoms with Gasteiger partial charge in [0.05, 0.1) is 13.2 Å². The molecule has 2 nitrogen and oxygen atoms in total. The van der Waals surface area contributed by atoms with Gasteiger partial charge in [-0.3, -0.25) is 0 Å². The maximum absolute atomic E-state index is 4.85. The molecular formula is C17H30O2. The monoisotopic (exact) mass is 266 g/mol. The smallest absolute Gasteiger partial charge is 0.146 e. The molecule has 0 aromatic heterocycles. The molecule has 2 unspecified atom stereocenters. The molecule has 110 valence electrons. The largest absolute Gasteiger partial charge is 0.355 e. The highest BCUT2D eigenvalue weighted by Crippen LogP contribution is 2.62. The molecule has 0 radical (unpaired) electrons. The molecule has 2 atom stereocenters. The maximum atomic E-state index is 4.85. The highest BCUT2D eigenvalue weighted by molar-refractivity contribution is 5.01. The minimum atomic E-state index is 0.500. The van der Waals surface area contributed by atoms with Gasteiger partial charge in [-0.15, -0.1) is 0 Å². The average Bonchev–Trinajstić information content (AvgIpc) is 3.06. The molecule has 0 N–H and O–H groups in total. The minimum absolute atomic E-state index is 0.500. The zero-order valence-corrected chi connectivity index (χ0v) is 12.5. The van der Waals surface area contributed by atoms with Crippen LogP contribution in [0.3, 0.4) is 0 Å². The van der Waals surface area contributed by atoms with Gasteiger partial charge in [-0.1, -0.05) is 26.2 Å².